The molecule has 0 spiro atoms. The first-order valence-electron chi connectivity index (χ1n) is 7.89. The van der Waals surface area contributed by atoms with Gasteiger partial charge in [0, 0.05) is 18.7 Å². The summed E-state index contributed by atoms with van der Waals surface area (Å²) in [6, 6.07) is 14.4. The molecule has 1 aliphatic rings. The Kier molecular flexibility index (Phi) is 4.81. The highest BCUT2D eigenvalue weighted by atomic mass is 16.5. The van der Waals surface area contributed by atoms with Gasteiger partial charge in [0.2, 0.25) is 0 Å². The van der Waals surface area contributed by atoms with Crippen molar-refractivity contribution in [1.29, 1.82) is 0 Å². The topological polar surface area (TPSA) is 88.1 Å². The Labute approximate surface area is 145 Å². The van der Waals surface area contributed by atoms with Gasteiger partial charge in [-0.2, -0.15) is 0 Å². The Morgan fingerprint density at radius 2 is 2.00 bits per heavy atom. The second-order valence-electron chi connectivity index (χ2n) is 5.51. The van der Waals surface area contributed by atoms with Crippen molar-refractivity contribution in [2.75, 3.05) is 20.2 Å². The maximum Gasteiger partial charge on any atom is 0.278 e. The van der Waals surface area contributed by atoms with Crippen LogP contribution in [0.4, 0.5) is 0 Å². The molecule has 3 N–H and O–H groups in total. The monoisotopic (exact) mass is 337 g/mol. The summed E-state index contributed by atoms with van der Waals surface area (Å²) in [5.41, 5.74) is 7.54. The zero-order valence-electron chi connectivity index (χ0n) is 13.8. The molecule has 0 aliphatic carbocycles. The van der Waals surface area contributed by atoms with Crippen LogP contribution in [0, 0.1) is 0 Å². The van der Waals surface area contributed by atoms with E-state index in [9.17, 15) is 9.90 Å². The molecule has 0 saturated heterocycles. The SMILES string of the molecule is COc1cc(/C=C2\N=C(c3ccccc3)N(CCN)C2=O)ccc1O. The number of nitrogens with zero attached hydrogens (tertiary/aromatic N) is 2. The predicted octanol–water partition coefficient (Wildman–Crippen LogP) is 1.99. The minimum atomic E-state index is -0.198. The van der Waals surface area contributed by atoms with Crippen LogP contribution in [0.15, 0.2) is 59.2 Å². The number of benzene rings is 2. The number of methoxy groups -OCH3 is 1. The van der Waals surface area contributed by atoms with E-state index in [0.29, 0.717) is 35.9 Å². The molecule has 0 fully saturated rings. The van der Waals surface area contributed by atoms with E-state index >= 15 is 0 Å². The van der Waals surface area contributed by atoms with Gasteiger partial charge in [0.15, 0.2) is 11.5 Å². The van der Waals surface area contributed by atoms with Gasteiger partial charge in [-0.05, 0) is 23.8 Å². The summed E-state index contributed by atoms with van der Waals surface area (Å²) in [7, 11) is 1.47. The summed E-state index contributed by atoms with van der Waals surface area (Å²) in [4.78, 5) is 18.8. The molecular formula is C19H19N3O3. The number of ether oxygens (including phenoxy) is 1. The maximum absolute atomic E-state index is 12.7. The highest BCUT2D eigenvalue weighted by Gasteiger charge is 2.30. The van der Waals surface area contributed by atoms with Gasteiger partial charge in [0.25, 0.3) is 5.91 Å². The van der Waals surface area contributed by atoms with Crippen molar-refractivity contribution in [3.05, 3.63) is 65.4 Å². The quantitative estimate of drug-likeness (QED) is 0.817. The molecule has 128 valence electrons. The predicted molar refractivity (Wildman–Crippen MR) is 96.4 cm³/mol. The molecule has 25 heavy (non-hydrogen) atoms. The van der Waals surface area contributed by atoms with Gasteiger partial charge >= 0.3 is 0 Å². The summed E-state index contributed by atoms with van der Waals surface area (Å²) in [6.07, 6.45) is 1.67. The van der Waals surface area contributed by atoms with Gasteiger partial charge in [-0.25, -0.2) is 4.99 Å². The molecule has 2 aromatic rings. The zero-order valence-corrected chi connectivity index (χ0v) is 13.8. The first-order valence-corrected chi connectivity index (χ1v) is 7.89. The first-order chi connectivity index (χ1) is 12.1. The second-order valence-corrected chi connectivity index (χ2v) is 5.51. The van der Waals surface area contributed by atoms with E-state index in [-0.39, 0.29) is 11.7 Å². The largest absolute Gasteiger partial charge is 0.504 e. The standard InChI is InChI=1S/C19H19N3O3/c1-25-17-12-13(7-8-16(17)23)11-15-19(24)22(10-9-20)18(21-15)14-5-3-2-4-6-14/h2-8,11-12,23H,9-10,20H2,1H3/b15-11-. The molecule has 0 bridgehead atoms. The third-order valence-electron chi connectivity index (χ3n) is 3.84. The maximum atomic E-state index is 12.7. The Morgan fingerprint density at radius 3 is 2.68 bits per heavy atom. The summed E-state index contributed by atoms with van der Waals surface area (Å²) in [5.74, 6) is 0.774. The smallest absolute Gasteiger partial charge is 0.278 e. The molecule has 3 rings (SSSR count). The van der Waals surface area contributed by atoms with Crippen molar-refractivity contribution in [2.45, 2.75) is 0 Å². The molecule has 1 amide bonds. The molecule has 2 aromatic carbocycles. The van der Waals surface area contributed by atoms with Crippen LogP contribution in [0.5, 0.6) is 11.5 Å². The lowest BCUT2D eigenvalue weighted by molar-refractivity contribution is -0.122. The number of carbonyl (C=O) groups excluding carboxylic acids is 1. The van der Waals surface area contributed by atoms with Crippen LogP contribution in [0.1, 0.15) is 11.1 Å². The molecule has 6 nitrogen and oxygen atoms in total. The summed E-state index contributed by atoms with van der Waals surface area (Å²) in [5, 5.41) is 9.69. The lowest BCUT2D eigenvalue weighted by Gasteiger charge is -2.17. The van der Waals surface area contributed by atoms with E-state index in [1.165, 1.54) is 13.2 Å². The van der Waals surface area contributed by atoms with Gasteiger partial charge in [-0.1, -0.05) is 36.4 Å². The van der Waals surface area contributed by atoms with Crippen LogP contribution in [0.3, 0.4) is 0 Å². The summed E-state index contributed by atoms with van der Waals surface area (Å²) >= 11 is 0. The number of aliphatic imine (C=N–C) groups is 1. The molecule has 1 heterocycles. The number of amidine groups is 1. The Balaban J connectivity index is 2.01. The van der Waals surface area contributed by atoms with E-state index < -0.39 is 0 Å². The lowest BCUT2D eigenvalue weighted by atomic mass is 10.1. The van der Waals surface area contributed by atoms with E-state index in [1.54, 1.807) is 23.1 Å². The molecule has 0 aromatic heterocycles. The number of phenolic OH excluding ortho intramolecular Hbond substituents is 1. The number of hydrogen-bond acceptors (Lipinski definition) is 5. The van der Waals surface area contributed by atoms with E-state index in [0.717, 1.165) is 5.56 Å². The highest BCUT2D eigenvalue weighted by Crippen LogP contribution is 2.28. The lowest BCUT2D eigenvalue weighted by Crippen LogP contribution is -2.36. The average Bonchev–Trinajstić information content (AvgIpc) is 2.94. The van der Waals surface area contributed by atoms with Crippen LogP contribution in [0.25, 0.3) is 6.08 Å². The Morgan fingerprint density at radius 1 is 1.24 bits per heavy atom. The van der Waals surface area contributed by atoms with Gasteiger partial charge in [-0.3, -0.25) is 9.69 Å². The fourth-order valence-corrected chi connectivity index (χ4v) is 2.64. The fraction of sp³-hybridized carbons (Fsp3) is 0.158. The average molecular weight is 337 g/mol. The molecule has 0 atom stereocenters. The van der Waals surface area contributed by atoms with Crippen molar-refractivity contribution >= 4 is 17.8 Å². The molecule has 0 unspecified atom stereocenters. The second kappa shape index (κ2) is 7.19. The minimum Gasteiger partial charge on any atom is -0.504 e. The van der Waals surface area contributed by atoms with Crippen LogP contribution in [0.2, 0.25) is 0 Å². The summed E-state index contributed by atoms with van der Waals surface area (Å²) < 4.78 is 5.10. The minimum absolute atomic E-state index is 0.0423. The van der Waals surface area contributed by atoms with E-state index in [2.05, 4.69) is 4.99 Å². The van der Waals surface area contributed by atoms with E-state index in [4.69, 9.17) is 10.5 Å². The third-order valence-corrected chi connectivity index (χ3v) is 3.84. The van der Waals surface area contributed by atoms with Crippen LogP contribution in [-0.2, 0) is 4.79 Å². The molecular weight excluding hydrogens is 318 g/mol. The number of rotatable bonds is 5. The van der Waals surface area contributed by atoms with Crippen LogP contribution >= 0.6 is 0 Å². The van der Waals surface area contributed by atoms with Crippen molar-refractivity contribution in [1.82, 2.24) is 4.90 Å². The third kappa shape index (κ3) is 3.39. The van der Waals surface area contributed by atoms with E-state index in [1.807, 2.05) is 30.3 Å². The Bertz CT molecular complexity index is 844. The zero-order chi connectivity index (χ0) is 17.8. The highest BCUT2D eigenvalue weighted by molar-refractivity contribution is 6.19. The van der Waals surface area contributed by atoms with Crippen molar-refractivity contribution in [2.24, 2.45) is 10.7 Å². The summed E-state index contributed by atoms with van der Waals surface area (Å²) in [6.45, 7) is 0.737. The van der Waals surface area contributed by atoms with Crippen LogP contribution in [-0.4, -0.2) is 41.9 Å². The van der Waals surface area contributed by atoms with Gasteiger partial charge in [-0.15, -0.1) is 0 Å². The van der Waals surface area contributed by atoms with Gasteiger partial charge in [0.1, 0.15) is 11.5 Å². The van der Waals surface area contributed by atoms with Gasteiger partial charge in [0.05, 0.1) is 7.11 Å². The number of hydrogen-bond donors (Lipinski definition) is 2. The molecule has 6 heteroatoms. The number of phenols is 1. The molecule has 1 aliphatic heterocycles. The Hall–Kier alpha value is -3.12. The number of nitrogens with two attached hydrogens (primary N) is 1. The molecule has 0 saturated carbocycles. The normalized spacial score (nSPS) is 15.6. The van der Waals surface area contributed by atoms with Crippen molar-refractivity contribution in [3.8, 4) is 11.5 Å². The first kappa shape index (κ1) is 16.7. The van der Waals surface area contributed by atoms with Gasteiger partial charge < -0.3 is 15.6 Å². The number of aromatic hydroxyl groups is 1. The van der Waals surface area contributed by atoms with Crippen molar-refractivity contribution in [3.63, 3.8) is 0 Å². The fourth-order valence-electron chi connectivity index (χ4n) is 2.64. The molecule has 0 radical (unpaired) electrons. The van der Waals surface area contributed by atoms with Crippen LogP contribution < -0.4 is 10.5 Å². The number of carbonyl (C=O) groups is 1. The number of amides is 1. The van der Waals surface area contributed by atoms with Crippen molar-refractivity contribution < 1.29 is 14.6 Å².